The minimum absolute atomic E-state index is 0.0382. The van der Waals surface area contributed by atoms with E-state index in [-0.39, 0.29) is 23.1 Å². The molecule has 1 aliphatic rings. The number of hydrogen-bond donors (Lipinski definition) is 1. The minimum Gasteiger partial charge on any atom is -0.468 e. The maximum atomic E-state index is 11.6. The second-order valence-electron chi connectivity index (χ2n) is 6.91. The molecule has 1 N–H and O–H groups in total. The molecule has 5 nitrogen and oxygen atoms in total. The van der Waals surface area contributed by atoms with Crippen LogP contribution in [0.4, 0.5) is 0 Å². The van der Waals surface area contributed by atoms with E-state index in [2.05, 4.69) is 31.0 Å². The van der Waals surface area contributed by atoms with Crippen LogP contribution in [0.15, 0.2) is 16.7 Å². The molecule has 1 aliphatic heterocycles. The standard InChI is InChI=1S/C15H26N2O3S/c1-12-11-21(18,19)8-6-17(12)10-13-5-7-20-14(13)9-16-15(2,3)4/h5,7,12,16H,6,8-11H2,1-4H3. The van der Waals surface area contributed by atoms with E-state index >= 15 is 0 Å². The molecule has 2 rings (SSSR count). The third-order valence-corrected chi connectivity index (χ3v) is 5.59. The van der Waals surface area contributed by atoms with Crippen LogP contribution in [-0.2, 0) is 22.9 Å². The van der Waals surface area contributed by atoms with Crippen LogP contribution >= 0.6 is 0 Å². The summed E-state index contributed by atoms with van der Waals surface area (Å²) in [5.41, 5.74) is 1.18. The van der Waals surface area contributed by atoms with Crippen molar-refractivity contribution in [3.8, 4) is 0 Å². The molecular weight excluding hydrogens is 288 g/mol. The predicted molar refractivity (Wildman–Crippen MR) is 83.8 cm³/mol. The Labute approximate surface area is 127 Å². The average molecular weight is 314 g/mol. The van der Waals surface area contributed by atoms with Crippen LogP contribution in [0, 0.1) is 0 Å². The topological polar surface area (TPSA) is 62.6 Å². The van der Waals surface area contributed by atoms with Gasteiger partial charge in [0.15, 0.2) is 9.84 Å². The summed E-state index contributed by atoms with van der Waals surface area (Å²) >= 11 is 0. The van der Waals surface area contributed by atoms with Gasteiger partial charge in [0.2, 0.25) is 0 Å². The summed E-state index contributed by atoms with van der Waals surface area (Å²) in [6.45, 7) is 10.4. The van der Waals surface area contributed by atoms with Crippen molar-refractivity contribution in [2.45, 2.75) is 52.4 Å². The number of furan rings is 1. The monoisotopic (exact) mass is 314 g/mol. The highest BCUT2D eigenvalue weighted by Gasteiger charge is 2.28. The molecule has 1 fully saturated rings. The number of hydrogen-bond acceptors (Lipinski definition) is 5. The highest BCUT2D eigenvalue weighted by Crippen LogP contribution is 2.19. The largest absolute Gasteiger partial charge is 0.468 e. The van der Waals surface area contributed by atoms with Crippen molar-refractivity contribution in [2.75, 3.05) is 18.1 Å². The average Bonchev–Trinajstić information content (AvgIpc) is 2.76. The Morgan fingerprint density at radius 2 is 2.14 bits per heavy atom. The van der Waals surface area contributed by atoms with Gasteiger partial charge in [-0.1, -0.05) is 0 Å². The smallest absolute Gasteiger partial charge is 0.153 e. The maximum Gasteiger partial charge on any atom is 0.153 e. The lowest BCUT2D eigenvalue weighted by molar-refractivity contribution is 0.216. The molecule has 21 heavy (non-hydrogen) atoms. The Bertz CT molecular complexity index is 572. The molecule has 0 bridgehead atoms. The van der Waals surface area contributed by atoms with Crippen LogP contribution in [0.1, 0.15) is 39.0 Å². The summed E-state index contributed by atoms with van der Waals surface area (Å²) in [5.74, 6) is 1.44. The number of nitrogens with one attached hydrogen (secondary N) is 1. The zero-order chi connectivity index (χ0) is 15.7. The summed E-state index contributed by atoms with van der Waals surface area (Å²) < 4.78 is 28.8. The van der Waals surface area contributed by atoms with Crippen LogP contribution in [0.25, 0.3) is 0 Å². The first-order valence-corrected chi connectivity index (χ1v) is 9.23. The van der Waals surface area contributed by atoms with Crippen molar-refractivity contribution < 1.29 is 12.8 Å². The van der Waals surface area contributed by atoms with E-state index < -0.39 is 9.84 Å². The molecule has 0 aliphatic carbocycles. The molecule has 120 valence electrons. The molecule has 0 aromatic carbocycles. The quantitative estimate of drug-likeness (QED) is 0.918. The van der Waals surface area contributed by atoms with Crippen LogP contribution in [-0.4, -0.2) is 42.9 Å². The van der Waals surface area contributed by atoms with Gasteiger partial charge in [0.25, 0.3) is 0 Å². The summed E-state index contributed by atoms with van der Waals surface area (Å²) in [7, 11) is -2.86. The minimum atomic E-state index is -2.86. The zero-order valence-electron chi connectivity index (χ0n) is 13.3. The second-order valence-corrected chi connectivity index (χ2v) is 9.14. The van der Waals surface area contributed by atoms with Gasteiger partial charge in [0, 0.05) is 30.2 Å². The highest BCUT2D eigenvalue weighted by atomic mass is 32.2. The van der Waals surface area contributed by atoms with Crippen molar-refractivity contribution in [3.05, 3.63) is 23.7 Å². The number of rotatable bonds is 4. The van der Waals surface area contributed by atoms with Gasteiger partial charge in [-0.25, -0.2) is 8.42 Å². The van der Waals surface area contributed by atoms with Gasteiger partial charge < -0.3 is 9.73 Å². The van der Waals surface area contributed by atoms with Crippen molar-refractivity contribution in [2.24, 2.45) is 0 Å². The highest BCUT2D eigenvalue weighted by molar-refractivity contribution is 7.91. The lowest BCUT2D eigenvalue weighted by Gasteiger charge is -2.33. The SMILES string of the molecule is CC1CS(=O)(=O)CCN1Cc1ccoc1CNC(C)(C)C. The fraction of sp³-hybridized carbons (Fsp3) is 0.733. The molecule has 6 heteroatoms. The van der Waals surface area contributed by atoms with Gasteiger partial charge >= 0.3 is 0 Å². The van der Waals surface area contributed by atoms with Crippen molar-refractivity contribution >= 4 is 9.84 Å². The fourth-order valence-electron chi connectivity index (χ4n) is 2.50. The van der Waals surface area contributed by atoms with Crippen molar-refractivity contribution in [1.82, 2.24) is 10.2 Å². The van der Waals surface area contributed by atoms with Crippen molar-refractivity contribution in [1.29, 1.82) is 0 Å². The Morgan fingerprint density at radius 1 is 1.43 bits per heavy atom. The van der Waals surface area contributed by atoms with Gasteiger partial charge in [-0.3, -0.25) is 4.90 Å². The third kappa shape index (κ3) is 4.83. The van der Waals surface area contributed by atoms with E-state index in [1.54, 1.807) is 6.26 Å². The normalized spacial score (nSPS) is 23.3. The maximum absolute atomic E-state index is 11.6. The Kier molecular flexibility index (Phi) is 4.80. The van der Waals surface area contributed by atoms with Gasteiger partial charge in [-0.2, -0.15) is 0 Å². The second kappa shape index (κ2) is 6.10. The number of nitrogens with zero attached hydrogens (tertiary/aromatic N) is 1. The molecule has 1 unspecified atom stereocenters. The molecule has 2 heterocycles. The predicted octanol–water partition coefficient (Wildman–Crippen LogP) is 1.79. The molecule has 0 amide bonds. The summed E-state index contributed by atoms with van der Waals surface area (Å²) in [4.78, 5) is 2.21. The first-order chi connectivity index (χ1) is 9.66. The van der Waals surface area contributed by atoms with E-state index in [1.165, 1.54) is 0 Å². The van der Waals surface area contributed by atoms with Gasteiger partial charge in [-0.15, -0.1) is 0 Å². The lowest BCUT2D eigenvalue weighted by Crippen LogP contribution is -2.46. The van der Waals surface area contributed by atoms with E-state index in [1.807, 2.05) is 13.0 Å². The van der Waals surface area contributed by atoms with Gasteiger partial charge in [-0.05, 0) is 33.8 Å². The first-order valence-electron chi connectivity index (χ1n) is 7.41. The van der Waals surface area contributed by atoms with E-state index in [4.69, 9.17) is 4.42 Å². The molecular formula is C15H26N2O3S. The van der Waals surface area contributed by atoms with Crippen LogP contribution in [0.5, 0.6) is 0 Å². The fourth-order valence-corrected chi connectivity index (χ4v) is 4.12. The lowest BCUT2D eigenvalue weighted by atomic mass is 10.1. The molecule has 1 aromatic heterocycles. The van der Waals surface area contributed by atoms with E-state index in [0.29, 0.717) is 13.1 Å². The Balaban J connectivity index is 1.99. The van der Waals surface area contributed by atoms with Crippen LogP contribution in [0.2, 0.25) is 0 Å². The molecule has 1 atom stereocenters. The summed E-state index contributed by atoms with van der Waals surface area (Å²) in [6.07, 6.45) is 1.71. The van der Waals surface area contributed by atoms with Gasteiger partial charge in [0.1, 0.15) is 5.76 Å². The molecule has 0 saturated carbocycles. The number of sulfone groups is 1. The van der Waals surface area contributed by atoms with E-state index in [9.17, 15) is 8.42 Å². The van der Waals surface area contributed by atoms with E-state index in [0.717, 1.165) is 17.9 Å². The molecule has 0 radical (unpaired) electrons. The van der Waals surface area contributed by atoms with Gasteiger partial charge in [0.05, 0.1) is 24.3 Å². The molecule has 1 aromatic rings. The van der Waals surface area contributed by atoms with Crippen molar-refractivity contribution in [3.63, 3.8) is 0 Å². The Hall–Kier alpha value is -0.850. The molecule has 1 saturated heterocycles. The third-order valence-electron chi connectivity index (χ3n) is 3.80. The Morgan fingerprint density at radius 3 is 2.76 bits per heavy atom. The zero-order valence-corrected chi connectivity index (χ0v) is 14.2. The summed E-state index contributed by atoms with van der Waals surface area (Å²) in [6, 6.07) is 2.04. The summed E-state index contributed by atoms with van der Waals surface area (Å²) in [5, 5.41) is 3.42. The van der Waals surface area contributed by atoms with Crippen LogP contribution < -0.4 is 5.32 Å². The molecule has 0 spiro atoms. The first kappa shape index (κ1) is 16.5. The van der Waals surface area contributed by atoms with Crippen LogP contribution in [0.3, 0.4) is 0 Å².